The molecule has 0 radical (unpaired) electrons. The first-order valence-corrected chi connectivity index (χ1v) is 41.2. The number of hydrogen-bond acceptors (Lipinski definition) is 7. The van der Waals surface area contributed by atoms with Crippen molar-refractivity contribution in [1.29, 1.82) is 10.5 Å². The van der Waals surface area contributed by atoms with E-state index in [4.69, 9.17) is 13.1 Å². The summed E-state index contributed by atoms with van der Waals surface area (Å²) in [5.41, 5.74) is 15.8. The van der Waals surface area contributed by atoms with E-state index in [0.717, 1.165) is 204 Å². The van der Waals surface area contributed by atoms with Crippen molar-refractivity contribution in [3.8, 4) is 33.0 Å². The second-order valence-corrected chi connectivity index (χ2v) is 33.4. The molecule has 0 unspecified atom stereocenters. The fourth-order valence-electron chi connectivity index (χ4n) is 17.3. The van der Waals surface area contributed by atoms with Gasteiger partial charge < -0.3 is 0 Å². The summed E-state index contributed by atoms with van der Waals surface area (Å²) in [6.07, 6.45) is 26.0. The molecule has 7 aromatic carbocycles. The average molecular weight is 1490 g/mol. The van der Waals surface area contributed by atoms with Gasteiger partial charge in [0.2, 0.25) is 0 Å². The number of nitrogens with zero attached hydrogens (tertiary/aromatic N) is 4. The van der Waals surface area contributed by atoms with Crippen molar-refractivity contribution >= 4 is 93.2 Å². The van der Waals surface area contributed by atoms with Gasteiger partial charge in [-0.05, 0) is 207 Å². The predicted octanol–water partition coefficient (Wildman–Crippen LogP) is 27.2. The Morgan fingerprint density at radius 1 is 0.439 bits per heavy atom. The molecule has 0 N–H and O–H groups in total. The van der Waals surface area contributed by atoms with Gasteiger partial charge in [-0.25, -0.2) is 37.8 Å². The van der Waals surface area contributed by atoms with Gasteiger partial charge in [0.05, 0.1) is 45.5 Å². The molecule has 0 fully saturated rings. The van der Waals surface area contributed by atoms with E-state index in [1.54, 1.807) is 51.4 Å². The van der Waals surface area contributed by atoms with Gasteiger partial charge in [0.25, 0.3) is 11.4 Å². The van der Waals surface area contributed by atoms with Crippen molar-refractivity contribution < 1.29 is 22.4 Å². The number of aryl methyl sites for hydroxylation is 4. The van der Waals surface area contributed by atoms with Crippen LogP contribution in [-0.2, 0) is 42.9 Å². The first kappa shape index (κ1) is 72.7. The molecular weight excluding hydrogens is 1410 g/mol. The smallest absolute Gasteiger partial charge is 0.270 e. The van der Waals surface area contributed by atoms with E-state index in [2.05, 4.69) is 165 Å². The molecule has 15 rings (SSSR count). The Morgan fingerprint density at radius 3 is 1.19 bits per heavy atom. The summed E-state index contributed by atoms with van der Waals surface area (Å²) in [5, 5.41) is 20.8. The number of benzene rings is 7. The van der Waals surface area contributed by atoms with Gasteiger partial charge in [-0.2, -0.15) is 0 Å². The summed E-state index contributed by atoms with van der Waals surface area (Å²) in [4.78, 5) is 25.6. The first-order chi connectivity index (χ1) is 52.2. The van der Waals surface area contributed by atoms with Crippen molar-refractivity contribution in [3.05, 3.63) is 313 Å². The van der Waals surface area contributed by atoms with E-state index in [9.17, 15) is 15.3 Å². The minimum absolute atomic E-state index is 0.00973. The number of carbonyl (C=O) groups is 1. The number of Topliss-reactive ketones (excluding diaryl/α,β-unsaturated/α-hetero) is 1. The van der Waals surface area contributed by atoms with Crippen LogP contribution in [0.2, 0.25) is 0 Å². The van der Waals surface area contributed by atoms with Crippen LogP contribution in [0.1, 0.15) is 234 Å². The number of hydrogen-bond donors (Lipinski definition) is 0. The second kappa shape index (κ2) is 30.8. The zero-order chi connectivity index (χ0) is 74.3. The maximum Gasteiger partial charge on any atom is 0.270 e. The number of rotatable bonds is 26. The summed E-state index contributed by atoms with van der Waals surface area (Å²) in [6, 6.07) is 55.0. The first-order valence-electron chi connectivity index (χ1n) is 37.9. The quantitative estimate of drug-likeness (QED) is 0.0178. The maximum atomic E-state index is 15.2. The maximum absolute atomic E-state index is 15.2. The van der Waals surface area contributed by atoms with E-state index in [1.165, 1.54) is 59.6 Å². The fraction of sp³-hybridized carbons (Fsp3) is 0.287. The molecule has 4 aliphatic carbocycles. The van der Waals surface area contributed by atoms with Crippen LogP contribution in [0.5, 0.6) is 0 Å². The van der Waals surface area contributed by atoms with E-state index >= 15 is 17.6 Å². The minimum Gasteiger partial charge on any atom is -0.289 e. The lowest BCUT2D eigenvalue weighted by Gasteiger charge is -2.36. The number of carbonyl (C=O) groups excluding carboxylic acids is 1. The fourth-order valence-corrected chi connectivity index (χ4v) is 22.8. The molecular formula is C94H80F4N4OS4. The Bertz CT molecular complexity index is 5520. The van der Waals surface area contributed by atoms with E-state index < -0.39 is 39.9 Å². The van der Waals surface area contributed by atoms with Crippen molar-refractivity contribution in [2.45, 2.75) is 173 Å². The molecule has 0 saturated carbocycles. The molecule has 0 aliphatic heterocycles. The minimum atomic E-state index is -1.19. The monoisotopic (exact) mass is 1480 g/mol. The molecule has 0 bridgehead atoms. The Kier molecular flexibility index (Phi) is 20.9. The topological polar surface area (TPSA) is 73.4 Å². The summed E-state index contributed by atoms with van der Waals surface area (Å²) in [6.45, 7) is 25.1. The number of halogens is 4. The lowest BCUT2D eigenvalue weighted by atomic mass is 9.65. The van der Waals surface area contributed by atoms with Crippen LogP contribution in [0.3, 0.4) is 0 Å². The van der Waals surface area contributed by atoms with Crippen molar-refractivity contribution in [3.63, 3.8) is 0 Å². The largest absolute Gasteiger partial charge is 0.289 e. The van der Waals surface area contributed by atoms with Gasteiger partial charge in [-0.1, -0.05) is 202 Å². The Labute approximate surface area is 640 Å². The summed E-state index contributed by atoms with van der Waals surface area (Å²) in [5.74, 6) is -4.97. The lowest BCUT2D eigenvalue weighted by Crippen LogP contribution is -2.30. The third-order valence-corrected chi connectivity index (χ3v) is 27.3. The van der Waals surface area contributed by atoms with Gasteiger partial charge in [0.1, 0.15) is 0 Å². The van der Waals surface area contributed by atoms with Gasteiger partial charge >= 0.3 is 0 Å². The Morgan fingerprint density at radius 2 is 0.804 bits per heavy atom. The number of fused-ring (bicyclic) bond motifs is 12. The molecule has 0 saturated heterocycles. The molecule has 0 spiro atoms. The van der Waals surface area contributed by atoms with Crippen LogP contribution in [0.15, 0.2) is 168 Å². The molecule has 13 heteroatoms. The van der Waals surface area contributed by atoms with Gasteiger partial charge in [-0.15, -0.1) is 45.3 Å². The van der Waals surface area contributed by atoms with Crippen molar-refractivity contribution in [2.24, 2.45) is 0 Å². The van der Waals surface area contributed by atoms with Crippen molar-refractivity contribution in [1.82, 2.24) is 0 Å². The van der Waals surface area contributed by atoms with Crippen LogP contribution in [0, 0.1) is 59.1 Å². The highest BCUT2D eigenvalue weighted by Crippen LogP contribution is 2.68. The molecule has 4 heterocycles. The van der Waals surface area contributed by atoms with E-state index in [1.807, 2.05) is 12.1 Å². The Hall–Kier alpha value is -9.83. The standard InChI is InChI=1S/C94H80F4N4OS4/c1-7-11-15-19-23-56-27-35-62(36-28-56)93(63-37-29-57(30-38-63)24-20-16-12-8-2)74-50-72-75(49-71(74)89-86(93)91-82(106-89)47-66(104-91)44-61-43-60-45-76(95)77(96)51-68(60)84(61)80(54-99)101-5)94(64-39-31-58(32-40-64)25-21-17-13-9-3,65-41-33-59(34-42-65)26-22-18-14-10-4)87-90(72)107-83-48-67(105-92(83)87)46-73-85(81(55-100)102-6)69-52-78(97)79(98)53-70(69)88(73)103/h27-42,44-53H,7-26,43H2,1-4H3/b61-44+,73-46-,84-80-,85-81-. The van der Waals surface area contributed by atoms with Crippen LogP contribution in [0.25, 0.3) is 72.7 Å². The third kappa shape index (κ3) is 12.8. The van der Waals surface area contributed by atoms with Gasteiger partial charge in [0, 0.05) is 62.3 Å². The zero-order valence-corrected chi connectivity index (χ0v) is 64.0. The van der Waals surface area contributed by atoms with E-state index in [-0.39, 0.29) is 40.1 Å². The van der Waals surface area contributed by atoms with Crippen LogP contribution in [-0.4, -0.2) is 5.78 Å². The number of ketones is 1. The summed E-state index contributed by atoms with van der Waals surface area (Å²) < 4.78 is 64.7. The SMILES string of the molecule is [C-]#[N+]/C(C#N)=C1/C(=C/c2cc3sc4c(c3s2)C(c2ccc(CCCCCC)cc2)(c2ccc(CCCCCC)cc2)c2cc3c(cc2-4)C(c2ccc(CCCCCC)cc2)(c2ccc(CCCCCC)cc2)c2c-3sc3cc(/C=C4\C(=O)c5cc(F)c(F)cc5\C4=C(/C#N)[N+]#[C-])sc23)Cc2cc(F)c(F)cc21. The highest BCUT2D eigenvalue weighted by molar-refractivity contribution is 7.31. The van der Waals surface area contributed by atoms with Gasteiger partial charge in [-0.3, -0.25) is 4.79 Å². The highest BCUT2D eigenvalue weighted by Gasteiger charge is 2.55. The number of allylic oxidation sites excluding steroid dienone is 6. The molecule has 107 heavy (non-hydrogen) atoms. The number of unbranched alkanes of at least 4 members (excludes halogenated alkanes) is 12. The lowest BCUT2D eigenvalue weighted by molar-refractivity contribution is 0.104. The molecule has 4 aromatic heterocycles. The highest BCUT2D eigenvalue weighted by atomic mass is 32.1. The summed E-state index contributed by atoms with van der Waals surface area (Å²) in [7, 11) is 0. The second-order valence-electron chi connectivity index (χ2n) is 29.1. The van der Waals surface area contributed by atoms with Crippen molar-refractivity contribution in [2.75, 3.05) is 0 Å². The zero-order valence-electron chi connectivity index (χ0n) is 60.7. The van der Waals surface area contributed by atoms with Gasteiger partial charge in [0.15, 0.2) is 29.1 Å². The number of nitriles is 2. The summed E-state index contributed by atoms with van der Waals surface area (Å²) >= 11 is 6.70. The third-order valence-electron chi connectivity index (χ3n) is 22.5. The van der Waals surface area contributed by atoms with Crippen LogP contribution in [0.4, 0.5) is 17.6 Å². The van der Waals surface area contributed by atoms with Crippen LogP contribution < -0.4 is 0 Å². The molecule has 5 nitrogen and oxygen atoms in total. The molecule has 11 aromatic rings. The molecule has 4 aliphatic rings. The normalized spacial score (nSPS) is 15.8. The molecule has 534 valence electrons. The average Bonchev–Trinajstić information content (AvgIpc) is 1.49. The molecule has 0 atom stereocenters. The Balaban J connectivity index is 1.01. The predicted molar refractivity (Wildman–Crippen MR) is 434 cm³/mol. The number of thiophene rings is 4. The molecule has 0 amide bonds. The van der Waals surface area contributed by atoms with Crippen LogP contribution >= 0.6 is 45.3 Å². The van der Waals surface area contributed by atoms with E-state index in [0.29, 0.717) is 27.2 Å².